The van der Waals surface area contributed by atoms with Gasteiger partial charge in [-0.05, 0) is 18.6 Å². The summed E-state index contributed by atoms with van der Waals surface area (Å²) < 4.78 is 0. The van der Waals surface area contributed by atoms with E-state index in [1.165, 1.54) is 6.20 Å². The summed E-state index contributed by atoms with van der Waals surface area (Å²) in [7, 11) is 0. The molecule has 13 heteroatoms. The number of carboxylic acids is 2. The lowest BCUT2D eigenvalue weighted by molar-refractivity contribution is -0.139. The number of nitrogens with one attached hydrogen (secondary N) is 2. The molecular formula is C16H23N5O7S. The molecule has 0 aliphatic carbocycles. The topological polar surface area (TPSA) is 215 Å². The van der Waals surface area contributed by atoms with Crippen LogP contribution in [0.15, 0.2) is 24.5 Å². The van der Waals surface area contributed by atoms with E-state index in [1.54, 1.807) is 18.3 Å². The smallest absolute Gasteiger partial charge is 0.322 e. The van der Waals surface area contributed by atoms with Gasteiger partial charge in [-0.2, -0.15) is 12.6 Å². The second-order valence-electron chi connectivity index (χ2n) is 5.50. The third-order valence-corrected chi connectivity index (χ3v) is 3.56. The fraction of sp³-hybridized carbons (Fsp3) is 0.375. The minimum absolute atomic E-state index is 0.0256. The number of carbonyl (C=O) groups is 5. The van der Waals surface area contributed by atoms with Gasteiger partial charge in [-0.15, -0.1) is 0 Å². The predicted octanol–water partition coefficient (Wildman–Crippen LogP) is -2.03. The van der Waals surface area contributed by atoms with Crippen molar-refractivity contribution >= 4 is 42.3 Å². The number of rotatable bonds is 10. The molecule has 12 nitrogen and oxygen atoms in total. The zero-order valence-electron chi connectivity index (χ0n) is 15.3. The van der Waals surface area contributed by atoms with E-state index in [0.717, 1.165) is 0 Å². The largest absolute Gasteiger partial charge is 0.480 e. The molecule has 160 valence electrons. The Labute approximate surface area is 171 Å². The van der Waals surface area contributed by atoms with Gasteiger partial charge in [-0.3, -0.25) is 29.0 Å². The van der Waals surface area contributed by atoms with Gasteiger partial charge in [-0.25, -0.2) is 0 Å². The molecule has 0 fully saturated rings. The molecule has 2 atom stereocenters. The first kappa shape index (κ1) is 25.8. The summed E-state index contributed by atoms with van der Waals surface area (Å²) in [5.74, 6) is -4.15. The molecule has 0 saturated heterocycles. The highest BCUT2D eigenvalue weighted by molar-refractivity contribution is 7.80. The number of aliphatic carboxylic acids is 2. The van der Waals surface area contributed by atoms with Gasteiger partial charge in [0.25, 0.3) is 0 Å². The van der Waals surface area contributed by atoms with Crippen LogP contribution in [0.3, 0.4) is 0 Å². The first-order valence-electron chi connectivity index (χ1n) is 8.16. The molecule has 0 radical (unpaired) electrons. The Bertz CT molecular complexity index is 717. The van der Waals surface area contributed by atoms with Gasteiger partial charge in [-0.1, -0.05) is 0 Å². The van der Waals surface area contributed by atoms with Gasteiger partial charge < -0.3 is 32.3 Å². The summed E-state index contributed by atoms with van der Waals surface area (Å²) in [5.41, 5.74) is 10.6. The summed E-state index contributed by atoms with van der Waals surface area (Å²) in [4.78, 5) is 57.8. The number of amides is 3. The number of aromatic nitrogens is 1. The second-order valence-corrected chi connectivity index (χ2v) is 5.87. The lowest BCUT2D eigenvalue weighted by Crippen LogP contribution is -2.49. The fourth-order valence-electron chi connectivity index (χ4n) is 1.67. The van der Waals surface area contributed by atoms with Gasteiger partial charge in [0, 0.05) is 24.6 Å². The summed E-state index contributed by atoms with van der Waals surface area (Å²) in [5, 5.41) is 21.4. The van der Waals surface area contributed by atoms with Crippen LogP contribution in [-0.4, -0.2) is 69.2 Å². The molecule has 8 N–H and O–H groups in total. The molecule has 0 spiro atoms. The molecule has 29 heavy (non-hydrogen) atoms. The fourth-order valence-corrected chi connectivity index (χ4v) is 1.92. The van der Waals surface area contributed by atoms with Crippen molar-refractivity contribution in [2.75, 3.05) is 12.3 Å². The average molecular weight is 429 g/mol. The zero-order valence-corrected chi connectivity index (χ0v) is 16.2. The Hall–Kier alpha value is -3.19. The molecule has 0 aliphatic heterocycles. The maximum absolute atomic E-state index is 11.5. The molecule has 2 unspecified atom stereocenters. The van der Waals surface area contributed by atoms with Crippen molar-refractivity contribution in [1.82, 2.24) is 15.6 Å². The Morgan fingerprint density at radius 3 is 2.28 bits per heavy atom. The number of primary amides is 1. The number of hydrogen-bond donors (Lipinski definition) is 7. The monoisotopic (exact) mass is 429 g/mol. The number of nitrogens with zero attached hydrogens (tertiary/aromatic N) is 1. The van der Waals surface area contributed by atoms with Crippen LogP contribution in [0.2, 0.25) is 0 Å². The molecule has 1 heterocycles. The van der Waals surface area contributed by atoms with Crippen LogP contribution >= 0.6 is 12.6 Å². The maximum atomic E-state index is 11.5. The van der Waals surface area contributed by atoms with Gasteiger partial charge in [0.15, 0.2) is 0 Å². The van der Waals surface area contributed by atoms with E-state index >= 15 is 0 Å². The molecular weight excluding hydrogens is 406 g/mol. The molecule has 1 aromatic heterocycles. The van der Waals surface area contributed by atoms with E-state index in [2.05, 4.69) is 28.2 Å². The number of hydrogen-bond acceptors (Lipinski definition) is 8. The third-order valence-electron chi connectivity index (χ3n) is 3.19. The minimum Gasteiger partial charge on any atom is -0.480 e. The van der Waals surface area contributed by atoms with Crippen LogP contribution in [0.25, 0.3) is 0 Å². The summed E-state index contributed by atoms with van der Waals surface area (Å²) in [6, 6.07) is 1.14. The number of carbonyl (C=O) groups excluding carboxylic acids is 3. The van der Waals surface area contributed by atoms with Crippen LogP contribution in [0, 0.1) is 0 Å². The molecule has 0 aromatic carbocycles. The van der Waals surface area contributed by atoms with Crippen molar-refractivity contribution in [3.8, 4) is 0 Å². The SMILES string of the molecule is NC(=O)c1cccnc1.NC(CCC(=O)NC(CS)C(=O)NCC(=O)O)C(=O)O. The lowest BCUT2D eigenvalue weighted by Gasteiger charge is -2.16. The highest BCUT2D eigenvalue weighted by Crippen LogP contribution is 1.97. The minimum atomic E-state index is -1.22. The summed E-state index contributed by atoms with van der Waals surface area (Å²) >= 11 is 3.87. The van der Waals surface area contributed by atoms with Crippen LogP contribution in [0.4, 0.5) is 0 Å². The molecule has 0 saturated carbocycles. The summed E-state index contributed by atoms with van der Waals surface area (Å²) in [6.07, 6.45) is 2.79. The molecule has 0 bridgehead atoms. The van der Waals surface area contributed by atoms with Crippen LogP contribution in [0.5, 0.6) is 0 Å². The first-order chi connectivity index (χ1) is 13.6. The number of pyridine rings is 1. The van der Waals surface area contributed by atoms with Gasteiger partial charge in [0.1, 0.15) is 18.6 Å². The average Bonchev–Trinajstić information content (AvgIpc) is 2.69. The Balaban J connectivity index is 0.000000717. The van der Waals surface area contributed by atoms with Crippen LogP contribution < -0.4 is 22.1 Å². The number of carboxylic acid groups (broad SMARTS) is 2. The normalized spacial score (nSPS) is 11.8. The van der Waals surface area contributed by atoms with Crippen molar-refractivity contribution in [3.63, 3.8) is 0 Å². The Morgan fingerprint density at radius 1 is 1.21 bits per heavy atom. The van der Waals surface area contributed by atoms with Crippen molar-refractivity contribution in [3.05, 3.63) is 30.1 Å². The van der Waals surface area contributed by atoms with Crippen molar-refractivity contribution in [2.24, 2.45) is 11.5 Å². The van der Waals surface area contributed by atoms with E-state index in [-0.39, 0.29) is 18.6 Å². The molecule has 1 rings (SSSR count). The van der Waals surface area contributed by atoms with Crippen LogP contribution in [-0.2, 0) is 19.2 Å². The van der Waals surface area contributed by atoms with E-state index in [9.17, 15) is 24.0 Å². The zero-order chi connectivity index (χ0) is 22.4. The van der Waals surface area contributed by atoms with Crippen molar-refractivity contribution in [1.29, 1.82) is 0 Å². The predicted molar refractivity (Wildman–Crippen MR) is 104 cm³/mol. The maximum Gasteiger partial charge on any atom is 0.322 e. The summed E-state index contributed by atoms with van der Waals surface area (Å²) in [6.45, 7) is -0.567. The lowest BCUT2D eigenvalue weighted by atomic mass is 10.1. The highest BCUT2D eigenvalue weighted by atomic mass is 32.1. The third kappa shape index (κ3) is 12.0. The van der Waals surface area contributed by atoms with E-state index in [1.807, 2.05) is 0 Å². The Kier molecular flexibility index (Phi) is 12.4. The van der Waals surface area contributed by atoms with Crippen LogP contribution in [0.1, 0.15) is 23.2 Å². The van der Waals surface area contributed by atoms with E-state index < -0.39 is 48.3 Å². The molecule has 3 amide bonds. The second kappa shape index (κ2) is 13.9. The van der Waals surface area contributed by atoms with Crippen molar-refractivity contribution in [2.45, 2.75) is 24.9 Å². The van der Waals surface area contributed by atoms with Crippen molar-refractivity contribution < 1.29 is 34.2 Å². The van der Waals surface area contributed by atoms with E-state index in [4.69, 9.17) is 21.7 Å². The molecule has 0 aliphatic rings. The number of nitrogens with two attached hydrogens (primary N) is 2. The standard InChI is InChI=1S/C10H17N3O6S.C6H6N2O/c11-5(10(18)19)1-2-7(14)13-6(4-20)9(17)12-3-8(15)16;7-6(9)5-2-1-3-8-4-5/h5-6,20H,1-4,11H2,(H,12,17)(H,13,14)(H,15,16)(H,18,19);1-4H,(H2,7,9). The Morgan fingerprint density at radius 2 is 1.86 bits per heavy atom. The highest BCUT2D eigenvalue weighted by Gasteiger charge is 2.20. The van der Waals surface area contributed by atoms with Gasteiger partial charge in [0.05, 0.1) is 5.56 Å². The molecule has 1 aromatic rings. The van der Waals surface area contributed by atoms with Gasteiger partial charge in [0.2, 0.25) is 17.7 Å². The van der Waals surface area contributed by atoms with E-state index in [0.29, 0.717) is 5.56 Å². The number of thiol groups is 1. The quantitative estimate of drug-likeness (QED) is 0.204. The first-order valence-corrected chi connectivity index (χ1v) is 8.79. The van der Waals surface area contributed by atoms with Gasteiger partial charge >= 0.3 is 11.9 Å².